The van der Waals surface area contributed by atoms with Gasteiger partial charge >= 0.3 is 0 Å². The van der Waals surface area contributed by atoms with Crippen LogP contribution in [0.15, 0.2) is 6.33 Å². The van der Waals surface area contributed by atoms with E-state index in [0.717, 1.165) is 0 Å². The fourth-order valence-corrected chi connectivity index (χ4v) is 0.129. The first kappa shape index (κ1) is 7.98. The number of nitrogens with one attached hydrogen (secondary N) is 1. The van der Waals surface area contributed by atoms with E-state index in [4.69, 9.17) is 8.42 Å². The summed E-state index contributed by atoms with van der Waals surface area (Å²) in [6, 6.07) is 0. The topological polar surface area (TPSA) is 115 Å². The minimum atomic E-state index is -2.62. The molecule has 0 aliphatic carbocycles. The lowest BCUT2D eigenvalue weighted by Crippen LogP contribution is -1.85. The second-order valence-electron chi connectivity index (χ2n) is 0.848. The van der Waals surface area contributed by atoms with Crippen LogP contribution in [0.2, 0.25) is 0 Å². The van der Waals surface area contributed by atoms with Crippen LogP contribution >= 0.6 is 0 Å². The van der Waals surface area contributed by atoms with Crippen LogP contribution < -0.4 is 5.14 Å². The van der Waals surface area contributed by atoms with Crippen molar-refractivity contribution in [3.63, 3.8) is 0 Å². The van der Waals surface area contributed by atoms with Gasteiger partial charge < -0.3 is 0 Å². The average Bonchev–Trinajstić information content (AvgIpc) is 2.11. The summed E-state index contributed by atoms with van der Waals surface area (Å²) >= 11 is 0. The molecule has 1 rings (SSSR count). The van der Waals surface area contributed by atoms with E-state index in [2.05, 4.69) is 25.8 Å². The molecule has 0 unspecified atom stereocenters. The lowest BCUT2D eigenvalue weighted by Gasteiger charge is -1.44. The highest BCUT2D eigenvalue weighted by Gasteiger charge is 1.58. The molecule has 7 nitrogen and oxygen atoms in total. The first-order valence-electron chi connectivity index (χ1n) is 1.79. The normalized spacial score (nSPS) is 8.22. The maximum absolute atomic E-state index is 8.81. The number of hydrogen-bond acceptors (Lipinski definition) is 5. The molecule has 3 N–H and O–H groups in total. The number of H-pyrrole nitrogens is 1. The van der Waals surface area contributed by atoms with Crippen LogP contribution in [0.4, 0.5) is 0 Å². The molecule has 1 aromatic rings. The van der Waals surface area contributed by atoms with Gasteiger partial charge in [-0.25, -0.2) is 18.7 Å². The first-order valence-corrected chi connectivity index (χ1v) is 3.04. The smallest absolute Gasteiger partial charge is 0.198 e. The molecular weight excluding hydrogens is 146 g/mol. The molecule has 0 saturated heterocycles. The van der Waals surface area contributed by atoms with Gasteiger partial charge in [-0.15, -0.1) is 5.10 Å². The third-order valence-corrected chi connectivity index (χ3v) is 0.270. The average molecular weight is 151 g/mol. The van der Waals surface area contributed by atoms with Gasteiger partial charge in [-0.3, -0.25) is 0 Å². The third-order valence-electron chi connectivity index (χ3n) is 0.270. The van der Waals surface area contributed by atoms with Gasteiger partial charge in [-0.2, -0.15) is 0 Å². The Morgan fingerprint density at radius 3 is 2.22 bits per heavy atom. The van der Waals surface area contributed by atoms with Crippen molar-refractivity contribution in [2.24, 2.45) is 5.14 Å². The summed E-state index contributed by atoms with van der Waals surface area (Å²) in [6.07, 6.45) is 1.40. The molecule has 1 heterocycles. The fraction of sp³-hybridized carbons (Fsp3) is 0. The van der Waals surface area contributed by atoms with Crippen molar-refractivity contribution in [3.8, 4) is 0 Å². The number of nitrogens with zero attached hydrogens (tertiary/aromatic N) is 3. The summed E-state index contributed by atoms with van der Waals surface area (Å²) in [6.45, 7) is 0. The largest absolute Gasteiger partial charge is 0.246 e. The van der Waals surface area contributed by atoms with Gasteiger partial charge in [0.05, 0.1) is 0 Å². The molecule has 0 aliphatic rings. The van der Waals surface area contributed by atoms with E-state index < -0.39 is 10.9 Å². The van der Waals surface area contributed by atoms with Gasteiger partial charge in [0.1, 0.15) is 6.33 Å². The minimum Gasteiger partial charge on any atom is -0.246 e. The van der Waals surface area contributed by atoms with Crippen molar-refractivity contribution in [2.45, 2.75) is 0 Å². The summed E-state index contributed by atoms with van der Waals surface area (Å²) in [5.74, 6) is 0. The predicted octanol–water partition coefficient (Wildman–Crippen LogP) is -2.33. The number of thiol groups is 1. The van der Waals surface area contributed by atoms with E-state index in [-0.39, 0.29) is 0 Å². The van der Waals surface area contributed by atoms with Crippen LogP contribution in [0.25, 0.3) is 0 Å². The van der Waals surface area contributed by atoms with Crippen molar-refractivity contribution in [2.75, 3.05) is 0 Å². The van der Waals surface area contributed by atoms with Crippen molar-refractivity contribution in [1.82, 2.24) is 20.6 Å². The molecule has 9 heavy (non-hydrogen) atoms. The quantitative estimate of drug-likeness (QED) is 0.360. The van der Waals surface area contributed by atoms with Gasteiger partial charge in [0.15, 0.2) is 10.9 Å². The van der Waals surface area contributed by atoms with E-state index in [1.807, 2.05) is 0 Å². The van der Waals surface area contributed by atoms with Crippen LogP contribution in [0.5, 0.6) is 0 Å². The number of tetrazole rings is 1. The van der Waals surface area contributed by atoms with Gasteiger partial charge in [-0.05, 0) is 10.4 Å². The predicted molar refractivity (Wildman–Crippen MR) is 28.7 cm³/mol. The molecule has 0 saturated carbocycles. The maximum atomic E-state index is 8.81. The molecule has 0 spiro atoms. The Balaban J connectivity index is 0.000000148. The Labute approximate surface area is 52.3 Å². The summed E-state index contributed by atoms with van der Waals surface area (Å²) in [5, 5.41) is 16.2. The lowest BCUT2D eigenvalue weighted by atomic mass is 11.4. The molecule has 0 aliphatic heterocycles. The minimum absolute atomic E-state index is 1.40. The Bertz CT molecular complexity index is 166. The molecule has 0 radical (unpaired) electrons. The first-order chi connectivity index (χ1) is 4.23. The van der Waals surface area contributed by atoms with Gasteiger partial charge in [0, 0.05) is 0 Å². The Morgan fingerprint density at radius 1 is 1.56 bits per heavy atom. The van der Waals surface area contributed by atoms with Crippen molar-refractivity contribution in [1.29, 1.82) is 0 Å². The monoisotopic (exact) mass is 151 g/mol. The summed E-state index contributed by atoms with van der Waals surface area (Å²) in [7, 11) is -2.62. The number of aromatic nitrogens is 4. The summed E-state index contributed by atoms with van der Waals surface area (Å²) < 4.78 is 17.6. The molecule has 0 aromatic carbocycles. The standard InChI is InChI=1S/CH2N4.H3NO2S/c1-2-4-5-3-1;1-4(2)3/h1H,(H,2,3,4,5);4H,(H2,1,2,3). The molecule has 0 atom stereocenters. The van der Waals surface area contributed by atoms with Crippen molar-refractivity contribution < 1.29 is 8.42 Å². The fourth-order valence-electron chi connectivity index (χ4n) is 0.129. The Kier molecular flexibility index (Phi) is 4.54. The maximum Gasteiger partial charge on any atom is 0.198 e. The van der Waals surface area contributed by atoms with Crippen LogP contribution in [0, 0.1) is 0 Å². The Hall–Kier alpha value is -1.02. The van der Waals surface area contributed by atoms with E-state index in [1.54, 1.807) is 0 Å². The van der Waals surface area contributed by atoms with Gasteiger partial charge in [0.2, 0.25) is 0 Å². The number of aromatic amines is 1. The molecule has 1 aromatic heterocycles. The van der Waals surface area contributed by atoms with Crippen LogP contribution in [0.1, 0.15) is 0 Å². The zero-order valence-electron chi connectivity index (χ0n) is 4.26. The van der Waals surface area contributed by atoms with Gasteiger partial charge in [-0.1, -0.05) is 0 Å². The highest BCUT2D eigenvalue weighted by molar-refractivity contribution is 7.69. The summed E-state index contributed by atoms with van der Waals surface area (Å²) in [4.78, 5) is 0. The van der Waals surface area contributed by atoms with Crippen LogP contribution in [0.3, 0.4) is 0 Å². The zero-order valence-corrected chi connectivity index (χ0v) is 5.15. The summed E-state index contributed by atoms with van der Waals surface area (Å²) in [5.41, 5.74) is 0. The molecular formula is CH5N5O2S. The molecule has 0 fully saturated rings. The highest BCUT2D eigenvalue weighted by Crippen LogP contribution is 1.43. The Morgan fingerprint density at radius 2 is 2.11 bits per heavy atom. The second-order valence-corrected chi connectivity index (χ2v) is 1.42. The lowest BCUT2D eigenvalue weighted by molar-refractivity contribution is 0.616. The van der Waals surface area contributed by atoms with E-state index >= 15 is 0 Å². The van der Waals surface area contributed by atoms with Crippen molar-refractivity contribution in [3.05, 3.63) is 6.33 Å². The third kappa shape index (κ3) is 10.9. The van der Waals surface area contributed by atoms with E-state index in [0.29, 0.717) is 0 Å². The highest BCUT2D eigenvalue weighted by atomic mass is 32.2. The van der Waals surface area contributed by atoms with E-state index in [9.17, 15) is 0 Å². The molecule has 0 amide bonds. The SMILES string of the molecule is N[SH](=O)=O.c1nnn[nH]1. The van der Waals surface area contributed by atoms with Crippen LogP contribution in [-0.4, -0.2) is 29.0 Å². The number of hydrogen-bond donors (Lipinski definition) is 3. The number of rotatable bonds is 0. The second kappa shape index (κ2) is 5.12. The molecule has 0 bridgehead atoms. The zero-order chi connectivity index (χ0) is 7.11. The van der Waals surface area contributed by atoms with E-state index in [1.165, 1.54) is 6.33 Å². The van der Waals surface area contributed by atoms with Crippen molar-refractivity contribution >= 4 is 10.9 Å². The molecule has 52 valence electrons. The molecule has 8 heteroatoms. The van der Waals surface area contributed by atoms with Gasteiger partial charge in [0.25, 0.3) is 0 Å². The van der Waals surface area contributed by atoms with Crippen LogP contribution in [-0.2, 0) is 10.9 Å². The number of nitrogens with two attached hydrogens (primary N) is 1.